The van der Waals surface area contributed by atoms with Gasteiger partial charge in [0.15, 0.2) is 11.2 Å². The van der Waals surface area contributed by atoms with Gasteiger partial charge in [-0.3, -0.25) is 14.3 Å². The van der Waals surface area contributed by atoms with E-state index < -0.39 is 17.4 Å². The summed E-state index contributed by atoms with van der Waals surface area (Å²) in [6.07, 6.45) is 0.447. The molecule has 33 heavy (non-hydrogen) atoms. The zero-order valence-corrected chi connectivity index (χ0v) is 17.6. The molecule has 0 fully saturated rings. The summed E-state index contributed by atoms with van der Waals surface area (Å²) in [6.45, 7) is -0.0926. The molecule has 0 amide bonds. The Morgan fingerprint density at radius 2 is 1.94 bits per heavy atom. The van der Waals surface area contributed by atoms with E-state index in [0.29, 0.717) is 11.3 Å². The number of hydrogen-bond acceptors (Lipinski definition) is 7. The van der Waals surface area contributed by atoms with E-state index in [4.69, 9.17) is 4.74 Å². The van der Waals surface area contributed by atoms with E-state index in [9.17, 15) is 19.1 Å². The summed E-state index contributed by atoms with van der Waals surface area (Å²) in [6, 6.07) is 14.7. The maximum absolute atomic E-state index is 13.1. The Morgan fingerprint density at radius 3 is 2.67 bits per heavy atom. The standard InChI is InChI=1S/C22H21FN6O4/c1-28-19-18(20(31)26-22(28)32)29(12-16(30)13-33-17-5-3-2-4-6-17)21(25-19)27-24-11-14-7-9-15(23)10-8-14/h2-11,16,30H,12-13H2,1H3,(H,25,27)(H,26,31,32)/b24-11+. The average Bonchev–Trinajstić information content (AvgIpc) is 3.17. The monoisotopic (exact) mass is 452 g/mol. The molecule has 1 atom stereocenters. The van der Waals surface area contributed by atoms with Crippen LogP contribution in [0.2, 0.25) is 0 Å². The number of aromatic nitrogens is 4. The summed E-state index contributed by atoms with van der Waals surface area (Å²) < 4.78 is 21.3. The van der Waals surface area contributed by atoms with Crippen molar-refractivity contribution in [2.24, 2.45) is 12.1 Å². The van der Waals surface area contributed by atoms with Crippen LogP contribution >= 0.6 is 0 Å². The molecular formula is C22H21FN6O4. The number of anilines is 1. The van der Waals surface area contributed by atoms with E-state index in [-0.39, 0.29) is 36.1 Å². The molecule has 10 nitrogen and oxygen atoms in total. The molecule has 0 aliphatic rings. The Labute approximate surface area is 186 Å². The van der Waals surface area contributed by atoms with Gasteiger partial charge in [-0.2, -0.15) is 10.1 Å². The van der Waals surface area contributed by atoms with Crippen LogP contribution in [0.25, 0.3) is 11.2 Å². The number of aliphatic hydroxyl groups is 1. The number of nitrogens with zero attached hydrogens (tertiary/aromatic N) is 4. The van der Waals surface area contributed by atoms with Crippen molar-refractivity contribution in [1.29, 1.82) is 0 Å². The van der Waals surface area contributed by atoms with Gasteiger partial charge in [0.2, 0.25) is 5.95 Å². The van der Waals surface area contributed by atoms with Crippen molar-refractivity contribution in [2.75, 3.05) is 12.0 Å². The fraction of sp³-hybridized carbons (Fsp3) is 0.182. The van der Waals surface area contributed by atoms with Gasteiger partial charge >= 0.3 is 5.69 Å². The lowest BCUT2D eigenvalue weighted by molar-refractivity contribution is 0.0938. The molecule has 2 aromatic heterocycles. The molecule has 4 rings (SSSR count). The minimum Gasteiger partial charge on any atom is -0.491 e. The Kier molecular flexibility index (Phi) is 6.31. The molecule has 3 N–H and O–H groups in total. The van der Waals surface area contributed by atoms with Crippen molar-refractivity contribution < 1.29 is 14.2 Å². The highest BCUT2D eigenvalue weighted by Gasteiger charge is 2.19. The number of aromatic amines is 1. The molecule has 0 spiro atoms. The molecule has 2 heterocycles. The number of fused-ring (bicyclic) bond motifs is 1. The highest BCUT2D eigenvalue weighted by molar-refractivity contribution is 5.80. The number of aliphatic hydroxyl groups excluding tert-OH is 1. The van der Waals surface area contributed by atoms with Gasteiger partial charge in [-0.15, -0.1) is 0 Å². The van der Waals surface area contributed by atoms with Gasteiger partial charge in [0.05, 0.1) is 12.8 Å². The van der Waals surface area contributed by atoms with Gasteiger partial charge in [-0.05, 0) is 29.8 Å². The molecular weight excluding hydrogens is 431 g/mol. The summed E-state index contributed by atoms with van der Waals surface area (Å²) in [4.78, 5) is 31.1. The number of H-pyrrole nitrogens is 1. The summed E-state index contributed by atoms with van der Waals surface area (Å²) in [5.41, 5.74) is 2.31. The first kappa shape index (κ1) is 22.0. The number of aryl methyl sites for hydroxylation is 1. The SMILES string of the molecule is Cn1c(=O)[nH]c(=O)c2c1nc(N/N=C/c1ccc(F)cc1)n2CC(O)COc1ccccc1. The highest BCUT2D eigenvalue weighted by atomic mass is 19.1. The van der Waals surface area contributed by atoms with Gasteiger partial charge in [0.1, 0.15) is 24.3 Å². The summed E-state index contributed by atoms with van der Waals surface area (Å²) >= 11 is 0. The number of nitrogens with one attached hydrogen (secondary N) is 2. The van der Waals surface area contributed by atoms with Crippen molar-refractivity contribution in [3.05, 3.63) is 86.8 Å². The molecule has 0 aliphatic carbocycles. The number of para-hydroxylation sites is 1. The molecule has 0 saturated heterocycles. The first-order valence-corrected chi connectivity index (χ1v) is 10.0. The van der Waals surface area contributed by atoms with Crippen LogP contribution in [0.15, 0.2) is 69.3 Å². The Hall–Kier alpha value is -4.25. The Bertz CT molecular complexity index is 1390. The fourth-order valence-electron chi connectivity index (χ4n) is 3.18. The fourth-order valence-corrected chi connectivity index (χ4v) is 3.18. The van der Waals surface area contributed by atoms with E-state index in [2.05, 4.69) is 20.5 Å². The number of hydrogen-bond donors (Lipinski definition) is 3. The van der Waals surface area contributed by atoms with Crippen LogP contribution in [0.3, 0.4) is 0 Å². The van der Waals surface area contributed by atoms with Crippen LogP contribution in [0.1, 0.15) is 5.56 Å². The number of halogens is 1. The predicted molar refractivity (Wildman–Crippen MR) is 121 cm³/mol. The molecule has 0 bridgehead atoms. The molecule has 11 heteroatoms. The van der Waals surface area contributed by atoms with Crippen LogP contribution in [-0.2, 0) is 13.6 Å². The van der Waals surface area contributed by atoms with E-state index >= 15 is 0 Å². The minimum absolute atomic E-state index is 0.0361. The topological polar surface area (TPSA) is 127 Å². The van der Waals surface area contributed by atoms with E-state index in [1.54, 1.807) is 24.3 Å². The third-order valence-electron chi connectivity index (χ3n) is 4.83. The second-order valence-electron chi connectivity index (χ2n) is 7.24. The second kappa shape index (κ2) is 9.49. The second-order valence-corrected chi connectivity index (χ2v) is 7.24. The smallest absolute Gasteiger partial charge is 0.329 e. The van der Waals surface area contributed by atoms with Crippen LogP contribution in [0.5, 0.6) is 5.75 Å². The molecule has 0 saturated carbocycles. The molecule has 1 unspecified atom stereocenters. The van der Waals surface area contributed by atoms with Crippen LogP contribution < -0.4 is 21.4 Å². The molecule has 2 aromatic carbocycles. The third-order valence-corrected chi connectivity index (χ3v) is 4.83. The number of hydrazone groups is 1. The van der Waals surface area contributed by atoms with E-state index in [1.807, 2.05) is 18.2 Å². The van der Waals surface area contributed by atoms with Crippen LogP contribution in [0, 0.1) is 5.82 Å². The number of rotatable bonds is 8. The highest BCUT2D eigenvalue weighted by Crippen LogP contribution is 2.17. The normalized spacial score (nSPS) is 12.3. The van der Waals surface area contributed by atoms with Crippen LogP contribution in [0.4, 0.5) is 10.3 Å². The van der Waals surface area contributed by atoms with Crippen LogP contribution in [-0.4, -0.2) is 43.1 Å². The summed E-state index contributed by atoms with van der Waals surface area (Å²) in [7, 11) is 1.47. The Balaban J connectivity index is 1.62. The largest absolute Gasteiger partial charge is 0.491 e. The van der Waals surface area contributed by atoms with Gasteiger partial charge in [-0.25, -0.2) is 14.6 Å². The summed E-state index contributed by atoms with van der Waals surface area (Å²) in [5, 5.41) is 14.6. The van der Waals surface area contributed by atoms with Crippen molar-refractivity contribution in [2.45, 2.75) is 12.6 Å². The van der Waals surface area contributed by atoms with Gasteiger partial charge in [0, 0.05) is 7.05 Å². The number of ether oxygens (including phenoxy) is 1. The molecule has 170 valence electrons. The summed E-state index contributed by atoms with van der Waals surface area (Å²) in [5.74, 6) is 0.358. The van der Waals surface area contributed by atoms with E-state index in [0.717, 1.165) is 0 Å². The Morgan fingerprint density at radius 1 is 1.21 bits per heavy atom. The van der Waals surface area contributed by atoms with Crippen molar-refractivity contribution in [1.82, 2.24) is 19.1 Å². The molecule has 4 aromatic rings. The van der Waals surface area contributed by atoms with E-state index in [1.165, 1.54) is 34.5 Å². The van der Waals surface area contributed by atoms with Gasteiger partial charge in [0.25, 0.3) is 5.56 Å². The lowest BCUT2D eigenvalue weighted by atomic mass is 10.2. The quantitative estimate of drug-likeness (QED) is 0.274. The third kappa shape index (κ3) is 4.99. The van der Waals surface area contributed by atoms with Crippen molar-refractivity contribution in [3.63, 3.8) is 0 Å². The van der Waals surface area contributed by atoms with Crippen molar-refractivity contribution >= 4 is 23.3 Å². The predicted octanol–water partition coefficient (Wildman–Crippen LogP) is 1.45. The maximum atomic E-state index is 13.1. The van der Waals surface area contributed by atoms with Gasteiger partial charge in [-0.1, -0.05) is 30.3 Å². The first-order valence-electron chi connectivity index (χ1n) is 10.0. The van der Waals surface area contributed by atoms with Crippen molar-refractivity contribution in [3.8, 4) is 5.75 Å². The first-order chi connectivity index (χ1) is 15.9. The lowest BCUT2D eigenvalue weighted by Gasteiger charge is -2.15. The zero-order chi connectivity index (χ0) is 23.4. The minimum atomic E-state index is -0.999. The molecule has 0 radical (unpaired) electrons. The number of imidazole rings is 1. The maximum Gasteiger partial charge on any atom is 0.329 e. The molecule has 0 aliphatic heterocycles. The lowest BCUT2D eigenvalue weighted by Crippen LogP contribution is -2.30. The van der Waals surface area contributed by atoms with Gasteiger partial charge < -0.3 is 14.4 Å². The number of benzene rings is 2. The zero-order valence-electron chi connectivity index (χ0n) is 17.6. The average molecular weight is 452 g/mol.